The molecule has 0 heterocycles. The minimum absolute atomic E-state index is 0.171. The van der Waals surface area contributed by atoms with E-state index in [-0.39, 0.29) is 18.7 Å². The maximum absolute atomic E-state index is 13.5. The Labute approximate surface area is 129 Å². The van der Waals surface area contributed by atoms with Crippen molar-refractivity contribution in [3.8, 4) is 0 Å². The zero-order chi connectivity index (χ0) is 16.8. The Balaban J connectivity index is 2.51. The molecule has 4 N–H and O–H groups in total. The smallest absolute Gasteiger partial charge is 0.407 e. The van der Waals surface area contributed by atoms with Crippen molar-refractivity contribution in [2.24, 2.45) is 5.73 Å². The summed E-state index contributed by atoms with van der Waals surface area (Å²) in [6.07, 6.45) is -0.371. The average Bonchev–Trinajstić information content (AvgIpc) is 2.37. The molecule has 0 saturated heterocycles. The summed E-state index contributed by atoms with van der Waals surface area (Å²) in [4.78, 5) is 22.9. The lowest BCUT2D eigenvalue weighted by atomic mass is 10.1. The van der Waals surface area contributed by atoms with Gasteiger partial charge in [0.2, 0.25) is 5.91 Å². The molecule has 1 aromatic rings. The van der Waals surface area contributed by atoms with E-state index in [2.05, 4.69) is 10.6 Å². The van der Waals surface area contributed by atoms with Crippen molar-refractivity contribution in [3.63, 3.8) is 0 Å². The van der Waals surface area contributed by atoms with E-state index >= 15 is 0 Å². The SMILES string of the molecule is CC(C)(C)OC(=O)NCCC(Nc1ccccc1F)C(N)=O. The van der Waals surface area contributed by atoms with Gasteiger partial charge in [-0.3, -0.25) is 4.79 Å². The molecule has 0 bridgehead atoms. The third-order valence-corrected chi connectivity index (χ3v) is 2.65. The highest BCUT2D eigenvalue weighted by molar-refractivity contribution is 5.83. The van der Waals surface area contributed by atoms with Gasteiger partial charge in [0.25, 0.3) is 0 Å². The van der Waals surface area contributed by atoms with Gasteiger partial charge in [-0.15, -0.1) is 0 Å². The third-order valence-electron chi connectivity index (χ3n) is 2.65. The van der Waals surface area contributed by atoms with Crippen molar-refractivity contribution in [2.75, 3.05) is 11.9 Å². The van der Waals surface area contributed by atoms with Crippen LogP contribution in [0.15, 0.2) is 24.3 Å². The van der Waals surface area contributed by atoms with Crippen LogP contribution < -0.4 is 16.4 Å². The fraction of sp³-hybridized carbons (Fsp3) is 0.467. The normalized spacial score (nSPS) is 12.4. The van der Waals surface area contributed by atoms with Crippen molar-refractivity contribution in [2.45, 2.75) is 38.8 Å². The molecule has 122 valence electrons. The molecule has 2 amide bonds. The minimum atomic E-state index is -0.799. The van der Waals surface area contributed by atoms with E-state index in [9.17, 15) is 14.0 Å². The van der Waals surface area contributed by atoms with E-state index in [1.54, 1.807) is 32.9 Å². The number of para-hydroxylation sites is 1. The quantitative estimate of drug-likeness (QED) is 0.749. The maximum atomic E-state index is 13.5. The van der Waals surface area contributed by atoms with Crippen molar-refractivity contribution in [1.29, 1.82) is 0 Å². The second-order valence-corrected chi connectivity index (χ2v) is 5.80. The average molecular weight is 311 g/mol. The number of primary amides is 1. The number of alkyl carbamates (subject to hydrolysis) is 1. The summed E-state index contributed by atoms with van der Waals surface area (Å²) in [5.74, 6) is -1.11. The molecule has 1 atom stereocenters. The third kappa shape index (κ3) is 6.43. The van der Waals surface area contributed by atoms with Crippen LogP contribution in [0.3, 0.4) is 0 Å². The summed E-state index contributed by atoms with van der Waals surface area (Å²) in [5, 5.41) is 5.25. The second-order valence-electron chi connectivity index (χ2n) is 5.80. The molecule has 1 unspecified atom stereocenters. The lowest BCUT2D eigenvalue weighted by molar-refractivity contribution is -0.118. The summed E-state index contributed by atoms with van der Waals surface area (Å²) >= 11 is 0. The number of nitrogens with two attached hydrogens (primary N) is 1. The molecule has 0 spiro atoms. The highest BCUT2D eigenvalue weighted by Crippen LogP contribution is 2.14. The monoisotopic (exact) mass is 311 g/mol. The van der Waals surface area contributed by atoms with E-state index in [0.717, 1.165) is 0 Å². The highest BCUT2D eigenvalue weighted by Gasteiger charge is 2.19. The van der Waals surface area contributed by atoms with Crippen molar-refractivity contribution >= 4 is 17.7 Å². The van der Waals surface area contributed by atoms with Crippen molar-refractivity contribution in [3.05, 3.63) is 30.1 Å². The summed E-state index contributed by atoms with van der Waals surface area (Å²) in [6, 6.07) is 5.17. The van der Waals surface area contributed by atoms with E-state index in [4.69, 9.17) is 10.5 Å². The van der Waals surface area contributed by atoms with Gasteiger partial charge in [0.15, 0.2) is 0 Å². The van der Waals surface area contributed by atoms with Crippen LogP contribution in [0, 0.1) is 5.82 Å². The number of hydrogen-bond donors (Lipinski definition) is 3. The summed E-state index contributed by atoms with van der Waals surface area (Å²) < 4.78 is 18.6. The first-order valence-electron chi connectivity index (χ1n) is 6.96. The van der Waals surface area contributed by atoms with Crippen LogP contribution in [0.5, 0.6) is 0 Å². The second kappa shape index (κ2) is 7.63. The van der Waals surface area contributed by atoms with Gasteiger partial charge in [-0.05, 0) is 39.3 Å². The molecule has 0 aromatic heterocycles. The zero-order valence-corrected chi connectivity index (χ0v) is 13.0. The predicted octanol–water partition coefficient (Wildman–Crippen LogP) is 2.01. The molecule has 22 heavy (non-hydrogen) atoms. The number of carbonyl (C=O) groups is 2. The molecule has 1 aromatic carbocycles. The largest absolute Gasteiger partial charge is 0.444 e. The van der Waals surface area contributed by atoms with Crippen molar-refractivity contribution < 1.29 is 18.7 Å². The van der Waals surface area contributed by atoms with E-state index in [1.165, 1.54) is 12.1 Å². The first-order chi connectivity index (χ1) is 10.2. The molecule has 0 aliphatic carbocycles. The Morgan fingerprint density at radius 3 is 2.50 bits per heavy atom. The topological polar surface area (TPSA) is 93.4 Å². The zero-order valence-electron chi connectivity index (χ0n) is 13.0. The van der Waals surface area contributed by atoms with Crippen LogP contribution in [0.25, 0.3) is 0 Å². The molecule has 0 aliphatic heterocycles. The molecule has 0 aliphatic rings. The van der Waals surface area contributed by atoms with Crippen LogP contribution in [0.1, 0.15) is 27.2 Å². The molecule has 1 rings (SSSR count). The first kappa shape index (κ1) is 17.7. The number of carbonyl (C=O) groups excluding carboxylic acids is 2. The number of nitrogens with one attached hydrogen (secondary N) is 2. The Kier molecular flexibility index (Phi) is 6.15. The van der Waals surface area contributed by atoms with Crippen molar-refractivity contribution in [1.82, 2.24) is 5.32 Å². The first-order valence-corrected chi connectivity index (χ1v) is 6.96. The van der Waals surface area contributed by atoms with Gasteiger partial charge < -0.3 is 21.1 Å². The van der Waals surface area contributed by atoms with Crippen LogP contribution in [-0.2, 0) is 9.53 Å². The highest BCUT2D eigenvalue weighted by atomic mass is 19.1. The number of halogens is 1. The number of rotatable bonds is 6. The lowest BCUT2D eigenvalue weighted by Gasteiger charge is -2.21. The molecule has 6 nitrogen and oxygen atoms in total. The van der Waals surface area contributed by atoms with E-state index in [1.807, 2.05) is 0 Å². The number of hydrogen-bond acceptors (Lipinski definition) is 4. The fourth-order valence-corrected chi connectivity index (χ4v) is 1.68. The maximum Gasteiger partial charge on any atom is 0.407 e. The predicted molar refractivity (Wildman–Crippen MR) is 81.9 cm³/mol. The fourth-order valence-electron chi connectivity index (χ4n) is 1.68. The Morgan fingerprint density at radius 1 is 1.32 bits per heavy atom. The van der Waals surface area contributed by atoms with Gasteiger partial charge in [-0.2, -0.15) is 0 Å². The van der Waals surface area contributed by atoms with Gasteiger partial charge >= 0.3 is 6.09 Å². The number of benzene rings is 1. The van der Waals surface area contributed by atoms with Gasteiger partial charge in [-0.1, -0.05) is 12.1 Å². The van der Waals surface area contributed by atoms with Gasteiger partial charge in [0.1, 0.15) is 17.5 Å². The molecular weight excluding hydrogens is 289 g/mol. The molecule has 0 fully saturated rings. The number of anilines is 1. The van der Waals surface area contributed by atoms with Crippen LogP contribution in [-0.4, -0.2) is 30.2 Å². The van der Waals surface area contributed by atoms with E-state index < -0.39 is 29.5 Å². The summed E-state index contributed by atoms with van der Waals surface area (Å²) in [7, 11) is 0. The van der Waals surface area contributed by atoms with Gasteiger partial charge in [0, 0.05) is 6.54 Å². The van der Waals surface area contributed by atoms with Crippen LogP contribution in [0.2, 0.25) is 0 Å². The molecular formula is C15H22FN3O3. The summed E-state index contributed by atoms with van der Waals surface area (Å²) in [5.41, 5.74) is 4.87. The van der Waals surface area contributed by atoms with E-state index in [0.29, 0.717) is 0 Å². The Hall–Kier alpha value is -2.31. The van der Waals surface area contributed by atoms with Crippen LogP contribution in [0.4, 0.5) is 14.9 Å². The number of ether oxygens (including phenoxy) is 1. The standard InChI is InChI=1S/C15H22FN3O3/c1-15(2,3)22-14(21)18-9-8-12(13(17)20)19-11-7-5-4-6-10(11)16/h4-7,12,19H,8-9H2,1-3H3,(H2,17,20)(H,18,21). The van der Waals surface area contributed by atoms with Gasteiger partial charge in [0.05, 0.1) is 5.69 Å². The summed E-state index contributed by atoms with van der Waals surface area (Å²) in [6.45, 7) is 5.42. The Morgan fingerprint density at radius 2 is 1.95 bits per heavy atom. The molecule has 0 saturated carbocycles. The van der Waals surface area contributed by atoms with Crippen LogP contribution >= 0.6 is 0 Å². The Bertz CT molecular complexity index is 529. The van der Waals surface area contributed by atoms with Gasteiger partial charge in [-0.25, -0.2) is 9.18 Å². The minimum Gasteiger partial charge on any atom is -0.444 e. The number of amides is 2. The molecule has 0 radical (unpaired) electrons. The molecule has 7 heteroatoms. The lowest BCUT2D eigenvalue weighted by Crippen LogP contribution is -2.40.